The average Bonchev–Trinajstić information content (AvgIpc) is 2.63. The predicted octanol–water partition coefficient (Wildman–Crippen LogP) is 4.07. The number of likely N-dealkylation sites (N-methyl/N-ethyl adjacent to an activating group) is 1. The van der Waals surface area contributed by atoms with Crippen molar-refractivity contribution in [1.29, 1.82) is 0 Å². The van der Waals surface area contributed by atoms with Crippen LogP contribution in [0.5, 0.6) is 11.5 Å². The quantitative estimate of drug-likeness (QED) is 0.831. The van der Waals surface area contributed by atoms with Crippen LogP contribution in [0.4, 0.5) is 0 Å². The molecule has 104 valence electrons. The molecule has 0 saturated heterocycles. The molecule has 0 N–H and O–H groups in total. The molecule has 1 atom stereocenters. The van der Waals surface area contributed by atoms with Gasteiger partial charge >= 0.3 is 0 Å². The van der Waals surface area contributed by atoms with Gasteiger partial charge in [-0.15, -0.1) is 0 Å². The van der Waals surface area contributed by atoms with E-state index in [1.165, 1.54) is 11.1 Å². The number of para-hydroxylation sites is 2. The third kappa shape index (κ3) is 2.56. The van der Waals surface area contributed by atoms with E-state index in [2.05, 4.69) is 55.3 Å². The van der Waals surface area contributed by atoms with Crippen LogP contribution in [0.3, 0.4) is 0 Å². The first-order chi connectivity index (χ1) is 9.78. The molecular formula is C18H21NO. The number of benzene rings is 2. The van der Waals surface area contributed by atoms with Crippen LogP contribution in [0.25, 0.3) is 0 Å². The van der Waals surface area contributed by atoms with E-state index in [9.17, 15) is 0 Å². The molecule has 1 heterocycles. The Morgan fingerprint density at radius 3 is 2.55 bits per heavy atom. The summed E-state index contributed by atoms with van der Waals surface area (Å²) in [6, 6.07) is 16.8. The van der Waals surface area contributed by atoms with Crippen molar-refractivity contribution in [1.82, 2.24) is 4.90 Å². The summed E-state index contributed by atoms with van der Waals surface area (Å²) in [5.41, 5.74) is 2.63. The summed E-state index contributed by atoms with van der Waals surface area (Å²) in [4.78, 5) is 2.37. The van der Waals surface area contributed by atoms with Gasteiger partial charge in [0.25, 0.3) is 0 Å². The highest BCUT2D eigenvalue weighted by Gasteiger charge is 2.23. The maximum absolute atomic E-state index is 6.13. The molecule has 1 aliphatic rings. The first-order valence-electron chi connectivity index (χ1n) is 7.31. The zero-order chi connectivity index (χ0) is 13.9. The first kappa shape index (κ1) is 13.2. The van der Waals surface area contributed by atoms with E-state index in [4.69, 9.17) is 4.74 Å². The second kappa shape index (κ2) is 5.68. The molecular weight excluding hydrogens is 246 g/mol. The van der Waals surface area contributed by atoms with E-state index < -0.39 is 0 Å². The molecule has 1 unspecified atom stereocenters. The van der Waals surface area contributed by atoms with Crippen LogP contribution in [0.15, 0.2) is 48.5 Å². The lowest BCUT2D eigenvalue weighted by molar-refractivity contribution is 0.325. The fraction of sp³-hybridized carbons (Fsp3) is 0.333. The molecule has 0 aromatic heterocycles. The normalized spacial score (nSPS) is 17.1. The summed E-state index contributed by atoms with van der Waals surface area (Å²) < 4.78 is 6.13. The number of hydrogen-bond acceptors (Lipinski definition) is 2. The molecule has 0 fully saturated rings. The van der Waals surface area contributed by atoms with Crippen molar-refractivity contribution in [3.05, 3.63) is 59.7 Å². The molecule has 0 amide bonds. The molecule has 2 aromatic rings. The second-order valence-corrected chi connectivity index (χ2v) is 5.50. The lowest BCUT2D eigenvalue weighted by Crippen LogP contribution is -2.25. The van der Waals surface area contributed by atoms with Gasteiger partial charge < -0.3 is 9.64 Å². The van der Waals surface area contributed by atoms with Crippen LogP contribution in [0.2, 0.25) is 0 Å². The minimum Gasteiger partial charge on any atom is -0.457 e. The van der Waals surface area contributed by atoms with Crippen molar-refractivity contribution in [3.8, 4) is 11.5 Å². The standard InChI is InChI=1S/C18H21NO/c1-3-19(2)13-15-12-14-8-4-6-10-17(14)20-18-11-7-5-9-16(15)18/h4-11,15H,3,12-13H2,1-2H3. The number of nitrogens with zero attached hydrogens (tertiary/aromatic N) is 1. The minimum atomic E-state index is 0.486. The lowest BCUT2D eigenvalue weighted by atomic mass is 9.91. The van der Waals surface area contributed by atoms with Gasteiger partial charge in [0.2, 0.25) is 0 Å². The number of rotatable bonds is 3. The van der Waals surface area contributed by atoms with Gasteiger partial charge in [-0.1, -0.05) is 43.3 Å². The van der Waals surface area contributed by atoms with E-state index in [1.54, 1.807) is 0 Å². The molecule has 2 heteroatoms. The van der Waals surface area contributed by atoms with Crippen molar-refractivity contribution < 1.29 is 4.74 Å². The highest BCUT2D eigenvalue weighted by molar-refractivity contribution is 5.47. The minimum absolute atomic E-state index is 0.486. The average molecular weight is 267 g/mol. The summed E-state index contributed by atoms with van der Waals surface area (Å²) in [7, 11) is 2.18. The zero-order valence-electron chi connectivity index (χ0n) is 12.2. The number of fused-ring (bicyclic) bond motifs is 2. The molecule has 0 bridgehead atoms. The van der Waals surface area contributed by atoms with Gasteiger partial charge in [0.15, 0.2) is 0 Å². The molecule has 0 radical (unpaired) electrons. The second-order valence-electron chi connectivity index (χ2n) is 5.50. The Morgan fingerprint density at radius 2 is 1.75 bits per heavy atom. The Morgan fingerprint density at radius 1 is 1.05 bits per heavy atom. The van der Waals surface area contributed by atoms with Crippen LogP contribution in [0, 0.1) is 0 Å². The summed E-state index contributed by atoms with van der Waals surface area (Å²) in [5, 5.41) is 0. The van der Waals surface area contributed by atoms with Crippen LogP contribution >= 0.6 is 0 Å². The van der Waals surface area contributed by atoms with Gasteiger partial charge in [0.1, 0.15) is 11.5 Å². The van der Waals surface area contributed by atoms with Crippen LogP contribution in [0.1, 0.15) is 24.0 Å². The zero-order valence-corrected chi connectivity index (χ0v) is 12.2. The van der Waals surface area contributed by atoms with Gasteiger partial charge in [-0.05, 0) is 43.3 Å². The maximum Gasteiger partial charge on any atom is 0.130 e. The smallest absolute Gasteiger partial charge is 0.130 e. The monoisotopic (exact) mass is 267 g/mol. The molecule has 2 aromatic carbocycles. The van der Waals surface area contributed by atoms with Crippen LogP contribution in [-0.4, -0.2) is 25.0 Å². The van der Waals surface area contributed by atoms with Gasteiger partial charge in [-0.2, -0.15) is 0 Å². The highest BCUT2D eigenvalue weighted by Crippen LogP contribution is 2.39. The van der Waals surface area contributed by atoms with Crippen molar-refractivity contribution in [2.24, 2.45) is 0 Å². The summed E-state index contributed by atoms with van der Waals surface area (Å²) in [5.74, 6) is 2.49. The Labute approximate surface area is 121 Å². The lowest BCUT2D eigenvalue weighted by Gasteiger charge is -2.22. The predicted molar refractivity (Wildman–Crippen MR) is 82.6 cm³/mol. The third-order valence-electron chi connectivity index (χ3n) is 4.09. The van der Waals surface area contributed by atoms with Gasteiger partial charge in [-0.3, -0.25) is 0 Å². The van der Waals surface area contributed by atoms with Gasteiger partial charge in [0.05, 0.1) is 0 Å². The summed E-state index contributed by atoms with van der Waals surface area (Å²) in [6.45, 7) is 4.33. The van der Waals surface area contributed by atoms with E-state index in [-0.39, 0.29) is 0 Å². The molecule has 0 spiro atoms. The summed E-state index contributed by atoms with van der Waals surface area (Å²) >= 11 is 0. The van der Waals surface area contributed by atoms with Crippen molar-refractivity contribution in [3.63, 3.8) is 0 Å². The van der Waals surface area contributed by atoms with Gasteiger partial charge in [-0.25, -0.2) is 0 Å². The van der Waals surface area contributed by atoms with Gasteiger partial charge in [0, 0.05) is 12.5 Å². The fourth-order valence-electron chi connectivity index (χ4n) is 2.84. The molecule has 2 nitrogen and oxygen atoms in total. The number of ether oxygens (including phenoxy) is 1. The topological polar surface area (TPSA) is 12.5 Å². The first-order valence-corrected chi connectivity index (χ1v) is 7.31. The van der Waals surface area contributed by atoms with E-state index in [0.717, 1.165) is 31.0 Å². The Kier molecular flexibility index (Phi) is 3.75. The van der Waals surface area contributed by atoms with Crippen LogP contribution < -0.4 is 4.74 Å². The molecule has 0 aliphatic carbocycles. The fourth-order valence-corrected chi connectivity index (χ4v) is 2.84. The Hall–Kier alpha value is -1.80. The molecule has 0 saturated carbocycles. The number of hydrogen-bond donors (Lipinski definition) is 0. The molecule has 1 aliphatic heterocycles. The highest BCUT2D eigenvalue weighted by atomic mass is 16.5. The molecule has 3 rings (SSSR count). The van der Waals surface area contributed by atoms with Crippen molar-refractivity contribution in [2.75, 3.05) is 20.1 Å². The maximum atomic E-state index is 6.13. The van der Waals surface area contributed by atoms with E-state index in [0.29, 0.717) is 5.92 Å². The largest absolute Gasteiger partial charge is 0.457 e. The molecule has 20 heavy (non-hydrogen) atoms. The van der Waals surface area contributed by atoms with Crippen molar-refractivity contribution in [2.45, 2.75) is 19.3 Å². The van der Waals surface area contributed by atoms with Crippen molar-refractivity contribution >= 4 is 0 Å². The van der Waals surface area contributed by atoms with E-state index in [1.807, 2.05) is 12.1 Å². The summed E-state index contributed by atoms with van der Waals surface area (Å²) in [6.07, 6.45) is 1.04. The Balaban J connectivity index is 2.01. The third-order valence-corrected chi connectivity index (χ3v) is 4.09. The Bertz CT molecular complexity index is 593. The SMILES string of the molecule is CCN(C)CC1Cc2ccccc2Oc2ccccc21. The van der Waals surface area contributed by atoms with E-state index >= 15 is 0 Å². The van der Waals surface area contributed by atoms with Crippen LogP contribution in [-0.2, 0) is 6.42 Å².